The average molecular weight is 396 g/mol. The second-order valence-corrected chi connectivity index (χ2v) is 8.63. The van der Waals surface area contributed by atoms with Gasteiger partial charge in [0.15, 0.2) is 0 Å². The second-order valence-electron chi connectivity index (χ2n) is 8.22. The summed E-state index contributed by atoms with van der Waals surface area (Å²) in [5.74, 6) is 1.21. The van der Waals surface area contributed by atoms with Crippen LogP contribution in [-0.2, 0) is 0 Å². The molecular weight excluding hydrogens is 374 g/mol. The van der Waals surface area contributed by atoms with Crippen LogP contribution in [0, 0.1) is 0 Å². The van der Waals surface area contributed by atoms with Crippen molar-refractivity contribution in [3.8, 4) is 5.69 Å². The number of fused-ring (bicyclic) bond motifs is 1. The van der Waals surface area contributed by atoms with Gasteiger partial charge in [0.25, 0.3) is 0 Å². The number of hydrogen-bond acceptors (Lipinski definition) is 4. The van der Waals surface area contributed by atoms with Gasteiger partial charge in [-0.25, -0.2) is 4.79 Å². The Kier molecular flexibility index (Phi) is 4.00. The predicted octanol–water partition coefficient (Wildman–Crippen LogP) is 3.88. The van der Waals surface area contributed by atoms with E-state index in [9.17, 15) is 9.90 Å². The van der Waals surface area contributed by atoms with E-state index in [1.54, 1.807) is 10.6 Å². The van der Waals surface area contributed by atoms with E-state index in [2.05, 4.69) is 23.2 Å². The molecule has 1 unspecified atom stereocenters. The molecule has 28 heavy (non-hydrogen) atoms. The molecule has 2 aromatic carbocycles. The van der Waals surface area contributed by atoms with Crippen LogP contribution in [0.25, 0.3) is 16.6 Å². The second kappa shape index (κ2) is 6.33. The third-order valence-corrected chi connectivity index (χ3v) is 6.11. The van der Waals surface area contributed by atoms with Crippen molar-refractivity contribution >= 4 is 28.3 Å². The third-order valence-electron chi connectivity index (χ3n) is 5.79. The average Bonchev–Trinajstić information content (AvgIpc) is 3.45. The van der Waals surface area contributed by atoms with Crippen molar-refractivity contribution in [2.75, 3.05) is 18.0 Å². The summed E-state index contributed by atoms with van der Waals surface area (Å²) in [6, 6.07) is 13.7. The normalized spacial score (nSPS) is 22.2. The highest BCUT2D eigenvalue weighted by Gasteiger charge is 2.33. The summed E-state index contributed by atoms with van der Waals surface area (Å²) in [5.41, 5.74) is 1.59. The highest BCUT2D eigenvalue weighted by molar-refractivity contribution is 6.32. The van der Waals surface area contributed by atoms with E-state index in [0.29, 0.717) is 42.0 Å². The van der Waals surface area contributed by atoms with Crippen LogP contribution in [0.4, 0.5) is 5.82 Å². The third kappa shape index (κ3) is 2.99. The van der Waals surface area contributed by atoms with Crippen LogP contribution in [0.2, 0.25) is 5.02 Å². The maximum absolute atomic E-state index is 13.1. The smallest absolute Gasteiger partial charge is 0.354 e. The topological polar surface area (TPSA) is 58.4 Å². The number of β-amino-alcohol motifs (C(OH)–C–C–N with tert-alkyl or cyclic N) is 1. The van der Waals surface area contributed by atoms with Gasteiger partial charge in [0.1, 0.15) is 5.82 Å². The first kappa shape index (κ1) is 17.7. The molecule has 1 aromatic heterocycles. The molecule has 2 fully saturated rings. The zero-order valence-electron chi connectivity index (χ0n) is 15.7. The molecule has 1 saturated carbocycles. The van der Waals surface area contributed by atoms with Crippen molar-refractivity contribution in [1.82, 2.24) is 9.55 Å². The van der Waals surface area contributed by atoms with Gasteiger partial charge in [0, 0.05) is 18.5 Å². The first-order valence-electron chi connectivity index (χ1n) is 9.72. The van der Waals surface area contributed by atoms with Crippen LogP contribution >= 0.6 is 11.6 Å². The lowest BCUT2D eigenvalue weighted by molar-refractivity contribution is 0.0839. The molecule has 1 N–H and O–H groups in total. The number of benzene rings is 2. The highest BCUT2D eigenvalue weighted by atomic mass is 35.5. The van der Waals surface area contributed by atoms with Gasteiger partial charge in [0.05, 0.1) is 21.8 Å². The summed E-state index contributed by atoms with van der Waals surface area (Å²) < 4.78 is 1.61. The molecule has 0 radical (unpaired) electrons. The summed E-state index contributed by atoms with van der Waals surface area (Å²) in [7, 11) is 0. The number of rotatable bonds is 3. The summed E-state index contributed by atoms with van der Waals surface area (Å²) in [6.07, 6.45) is 3.04. The molecule has 1 atom stereocenters. The van der Waals surface area contributed by atoms with Gasteiger partial charge in [-0.2, -0.15) is 4.98 Å². The monoisotopic (exact) mass is 395 g/mol. The zero-order chi connectivity index (χ0) is 19.5. The molecule has 2 heterocycles. The Hall–Kier alpha value is -2.37. The van der Waals surface area contributed by atoms with Gasteiger partial charge >= 0.3 is 5.69 Å². The molecule has 6 heteroatoms. The van der Waals surface area contributed by atoms with Crippen LogP contribution in [-0.4, -0.2) is 33.3 Å². The van der Waals surface area contributed by atoms with Crippen molar-refractivity contribution in [2.45, 2.75) is 37.7 Å². The molecule has 2 aliphatic rings. The number of nitrogens with zero attached hydrogens (tertiary/aromatic N) is 3. The Morgan fingerprint density at radius 3 is 2.68 bits per heavy atom. The molecule has 1 aliphatic heterocycles. The first-order valence-corrected chi connectivity index (χ1v) is 10.1. The number of anilines is 1. The first-order chi connectivity index (χ1) is 13.4. The summed E-state index contributed by atoms with van der Waals surface area (Å²) in [5, 5.41) is 11.8. The minimum Gasteiger partial charge on any atom is -0.388 e. The van der Waals surface area contributed by atoms with E-state index in [1.807, 2.05) is 30.0 Å². The number of hydrogen-bond donors (Lipinski definition) is 1. The fraction of sp³-hybridized carbons (Fsp3) is 0.364. The lowest BCUT2D eigenvalue weighted by atomic mass is 10.1. The van der Waals surface area contributed by atoms with Crippen molar-refractivity contribution in [1.29, 1.82) is 0 Å². The zero-order valence-corrected chi connectivity index (χ0v) is 16.5. The summed E-state index contributed by atoms with van der Waals surface area (Å²) in [6.45, 7) is 2.97. The maximum atomic E-state index is 13.1. The van der Waals surface area contributed by atoms with Crippen LogP contribution in [0.5, 0.6) is 0 Å². The van der Waals surface area contributed by atoms with Gasteiger partial charge < -0.3 is 10.0 Å². The van der Waals surface area contributed by atoms with E-state index in [4.69, 9.17) is 11.6 Å². The minimum atomic E-state index is -0.764. The Bertz CT molecular complexity index is 1130. The number of para-hydroxylation sites is 1. The molecule has 3 aromatic rings. The molecule has 5 nitrogen and oxygen atoms in total. The SMILES string of the molecule is CC1(O)CCN(c2nc(=O)n(-c3ccccc3Cl)c3cc(C4CC4)ccc23)C1. The van der Waals surface area contributed by atoms with E-state index < -0.39 is 5.60 Å². The van der Waals surface area contributed by atoms with Crippen molar-refractivity contribution in [3.05, 3.63) is 63.5 Å². The Morgan fingerprint density at radius 1 is 1.21 bits per heavy atom. The minimum absolute atomic E-state index is 0.352. The summed E-state index contributed by atoms with van der Waals surface area (Å²) in [4.78, 5) is 19.6. The molecule has 1 aliphatic carbocycles. The molecular formula is C22H22ClN3O2. The van der Waals surface area contributed by atoms with Gasteiger partial charge in [-0.15, -0.1) is 0 Å². The van der Waals surface area contributed by atoms with Crippen molar-refractivity contribution in [3.63, 3.8) is 0 Å². The van der Waals surface area contributed by atoms with E-state index >= 15 is 0 Å². The fourth-order valence-corrected chi connectivity index (χ4v) is 4.35. The largest absolute Gasteiger partial charge is 0.388 e. The molecule has 144 valence electrons. The van der Waals surface area contributed by atoms with Crippen LogP contribution < -0.4 is 10.6 Å². The number of halogens is 1. The Morgan fingerprint density at radius 2 is 2.00 bits per heavy atom. The van der Waals surface area contributed by atoms with Gasteiger partial charge in [-0.1, -0.05) is 29.8 Å². The standard InChI is InChI=1S/C22H22ClN3O2/c1-22(28)10-11-25(13-22)20-16-9-8-15(14-6-7-14)12-19(16)26(21(27)24-20)18-5-3-2-4-17(18)23/h2-5,8-9,12,14,28H,6-7,10-11,13H2,1H3. The molecule has 1 saturated heterocycles. The van der Waals surface area contributed by atoms with Crippen LogP contribution in [0.3, 0.4) is 0 Å². The van der Waals surface area contributed by atoms with Gasteiger partial charge in [-0.05, 0) is 61.9 Å². The van der Waals surface area contributed by atoms with Crippen molar-refractivity contribution < 1.29 is 5.11 Å². The summed E-state index contributed by atoms with van der Waals surface area (Å²) >= 11 is 6.42. The van der Waals surface area contributed by atoms with Gasteiger partial charge in [-0.3, -0.25) is 4.57 Å². The maximum Gasteiger partial charge on any atom is 0.354 e. The Labute approximate surface area is 168 Å². The quantitative estimate of drug-likeness (QED) is 0.731. The lowest BCUT2D eigenvalue weighted by Crippen LogP contribution is -2.32. The van der Waals surface area contributed by atoms with Gasteiger partial charge in [0.2, 0.25) is 0 Å². The highest BCUT2D eigenvalue weighted by Crippen LogP contribution is 2.42. The number of aliphatic hydroxyl groups is 1. The molecule has 0 bridgehead atoms. The Balaban J connectivity index is 1.77. The molecule has 0 amide bonds. The fourth-order valence-electron chi connectivity index (χ4n) is 4.13. The van der Waals surface area contributed by atoms with E-state index in [1.165, 1.54) is 18.4 Å². The van der Waals surface area contributed by atoms with Crippen LogP contribution in [0.1, 0.15) is 37.7 Å². The van der Waals surface area contributed by atoms with Crippen LogP contribution in [0.15, 0.2) is 47.3 Å². The van der Waals surface area contributed by atoms with Crippen molar-refractivity contribution in [2.24, 2.45) is 0 Å². The van der Waals surface area contributed by atoms with E-state index in [-0.39, 0.29) is 5.69 Å². The number of aromatic nitrogens is 2. The molecule has 0 spiro atoms. The lowest BCUT2D eigenvalue weighted by Gasteiger charge is -2.22. The van der Waals surface area contributed by atoms with E-state index in [0.717, 1.165) is 10.9 Å². The predicted molar refractivity (Wildman–Crippen MR) is 112 cm³/mol. The molecule has 5 rings (SSSR count).